The second-order valence-corrected chi connectivity index (χ2v) is 8.90. The molecular weight excluding hydrogens is 441 g/mol. The number of amides is 1. The van der Waals surface area contributed by atoms with E-state index in [0.29, 0.717) is 22.3 Å². The second-order valence-electron chi connectivity index (χ2n) is 8.04. The Kier molecular flexibility index (Phi) is 6.29. The molecule has 4 heterocycles. The molecule has 1 aliphatic heterocycles. The van der Waals surface area contributed by atoms with Crippen molar-refractivity contribution >= 4 is 22.4 Å². The summed E-state index contributed by atoms with van der Waals surface area (Å²) in [6.07, 6.45) is 0.0917. The molecule has 0 bridgehead atoms. The van der Waals surface area contributed by atoms with Crippen LogP contribution in [-0.4, -0.2) is 43.6 Å². The number of anilines is 1. The smallest absolute Gasteiger partial charge is 0.298 e. The molecule has 1 amide bonds. The van der Waals surface area contributed by atoms with E-state index in [2.05, 4.69) is 32.2 Å². The molecule has 1 saturated heterocycles. The zero-order valence-electron chi connectivity index (χ0n) is 17.7. The Hall–Kier alpha value is -2.79. The number of aromatic nitrogens is 4. The molecule has 1 fully saturated rings. The van der Waals surface area contributed by atoms with Gasteiger partial charge in [0.1, 0.15) is 0 Å². The first-order valence-electron chi connectivity index (χ1n) is 10.3. The molecule has 0 radical (unpaired) electrons. The summed E-state index contributed by atoms with van der Waals surface area (Å²) < 4.78 is 39.6. The molecule has 3 aromatic heterocycles. The molecule has 1 N–H and O–H groups in total. The highest BCUT2D eigenvalue weighted by atomic mass is 32.1. The fourth-order valence-electron chi connectivity index (χ4n) is 3.80. The highest BCUT2D eigenvalue weighted by Crippen LogP contribution is 2.29. The number of alkyl halides is 3. The van der Waals surface area contributed by atoms with Gasteiger partial charge in [-0.15, -0.1) is 11.3 Å². The van der Waals surface area contributed by atoms with E-state index in [-0.39, 0.29) is 11.7 Å². The van der Waals surface area contributed by atoms with Crippen molar-refractivity contribution < 1.29 is 18.0 Å². The molecule has 11 heteroatoms. The first-order chi connectivity index (χ1) is 15.2. The first-order valence-corrected chi connectivity index (χ1v) is 11.1. The molecule has 0 spiro atoms. The third-order valence-corrected chi connectivity index (χ3v) is 6.25. The summed E-state index contributed by atoms with van der Waals surface area (Å²) in [5.74, 6) is 0.496. The van der Waals surface area contributed by atoms with Crippen LogP contribution in [0.25, 0.3) is 5.82 Å². The number of hydrogen-bond donors (Lipinski definition) is 1. The van der Waals surface area contributed by atoms with Crippen molar-refractivity contribution in [1.29, 1.82) is 0 Å². The zero-order chi connectivity index (χ0) is 22.9. The Morgan fingerprint density at radius 1 is 1.31 bits per heavy atom. The Morgan fingerprint density at radius 3 is 2.81 bits per heavy atom. The van der Waals surface area contributed by atoms with Crippen molar-refractivity contribution in [2.45, 2.75) is 39.4 Å². The Balaban J connectivity index is 1.42. The van der Waals surface area contributed by atoms with E-state index in [1.54, 1.807) is 6.92 Å². The third-order valence-electron chi connectivity index (χ3n) is 5.45. The van der Waals surface area contributed by atoms with Crippen LogP contribution < -0.4 is 5.32 Å². The summed E-state index contributed by atoms with van der Waals surface area (Å²) in [6, 6.07) is 2.16. The lowest BCUT2D eigenvalue weighted by atomic mass is 10.0. The lowest BCUT2D eigenvalue weighted by Gasteiger charge is -2.30. The van der Waals surface area contributed by atoms with Crippen molar-refractivity contribution in [3.05, 3.63) is 52.4 Å². The number of hydrogen-bond acceptors (Lipinski definition) is 6. The van der Waals surface area contributed by atoms with Gasteiger partial charge in [0.05, 0.1) is 28.7 Å². The first kappa shape index (κ1) is 22.4. The van der Waals surface area contributed by atoms with Crippen molar-refractivity contribution in [2.24, 2.45) is 5.92 Å². The normalized spacial score (nSPS) is 17.5. The molecular formula is C21H23F3N6OS. The van der Waals surface area contributed by atoms with E-state index >= 15 is 0 Å². The van der Waals surface area contributed by atoms with Gasteiger partial charge in [-0.3, -0.25) is 15.0 Å². The number of carbonyl (C=O) groups is 1. The number of halogens is 3. The number of piperidine rings is 1. The minimum atomic E-state index is -4.46. The van der Waals surface area contributed by atoms with Crippen molar-refractivity contribution in [3.63, 3.8) is 0 Å². The summed E-state index contributed by atoms with van der Waals surface area (Å²) in [4.78, 5) is 23.5. The minimum Gasteiger partial charge on any atom is -0.298 e. The average molecular weight is 465 g/mol. The van der Waals surface area contributed by atoms with Crippen LogP contribution in [0.4, 0.5) is 18.3 Å². The average Bonchev–Trinajstić information content (AvgIpc) is 3.33. The quantitative estimate of drug-likeness (QED) is 0.600. The second kappa shape index (κ2) is 8.99. The van der Waals surface area contributed by atoms with Gasteiger partial charge in [-0.25, -0.2) is 14.6 Å². The topological polar surface area (TPSA) is 75.9 Å². The Labute approximate surface area is 187 Å². The lowest BCUT2D eigenvalue weighted by molar-refractivity contribution is -0.137. The van der Waals surface area contributed by atoms with E-state index in [1.807, 2.05) is 5.38 Å². The van der Waals surface area contributed by atoms with E-state index in [1.165, 1.54) is 41.1 Å². The lowest BCUT2D eigenvalue weighted by Crippen LogP contribution is -2.33. The van der Waals surface area contributed by atoms with Gasteiger partial charge in [-0.1, -0.05) is 6.92 Å². The van der Waals surface area contributed by atoms with Crippen LogP contribution in [0.5, 0.6) is 0 Å². The molecule has 1 aliphatic rings. The molecule has 1 unspecified atom stereocenters. The van der Waals surface area contributed by atoms with Gasteiger partial charge < -0.3 is 0 Å². The van der Waals surface area contributed by atoms with E-state index in [4.69, 9.17) is 0 Å². The maximum absolute atomic E-state index is 12.7. The number of likely N-dealkylation sites (tertiary alicyclic amines) is 1. The number of thiazole rings is 1. The molecule has 3 aromatic rings. The van der Waals surface area contributed by atoms with Crippen LogP contribution >= 0.6 is 11.3 Å². The van der Waals surface area contributed by atoms with Gasteiger partial charge in [0.25, 0.3) is 5.91 Å². The molecule has 0 aliphatic carbocycles. The highest BCUT2D eigenvalue weighted by molar-refractivity contribution is 7.14. The van der Waals surface area contributed by atoms with Crippen LogP contribution in [0.1, 0.15) is 47.1 Å². The molecule has 32 heavy (non-hydrogen) atoms. The van der Waals surface area contributed by atoms with E-state index in [9.17, 15) is 18.0 Å². The van der Waals surface area contributed by atoms with Crippen LogP contribution in [0.2, 0.25) is 0 Å². The van der Waals surface area contributed by atoms with Gasteiger partial charge >= 0.3 is 6.18 Å². The standard InChI is InChI=1S/C21H23F3N6OS/c1-13-4-3-7-29(10-13)11-16-12-32-20(27-16)28-19(31)17-9-26-30(14(17)2)18-6-5-15(8-25-18)21(22,23)24/h5-6,8-9,12-13H,3-4,7,10-11H2,1-2H3,(H,27,28,31). The molecule has 170 valence electrons. The number of nitrogens with one attached hydrogen (secondary N) is 1. The molecule has 0 saturated carbocycles. The molecule has 1 atom stereocenters. The SMILES string of the molecule is Cc1c(C(=O)Nc2nc(CN3CCCC(C)C3)cs2)cnn1-c1ccc(C(F)(F)F)cn1. The van der Waals surface area contributed by atoms with Gasteiger partial charge in [0.15, 0.2) is 10.9 Å². The number of pyridine rings is 1. The molecule has 4 rings (SSSR count). The summed E-state index contributed by atoms with van der Waals surface area (Å²) >= 11 is 1.36. The summed E-state index contributed by atoms with van der Waals surface area (Å²) in [6.45, 7) is 6.77. The molecule has 7 nitrogen and oxygen atoms in total. The highest BCUT2D eigenvalue weighted by Gasteiger charge is 2.31. The van der Waals surface area contributed by atoms with Crippen molar-refractivity contribution in [2.75, 3.05) is 18.4 Å². The van der Waals surface area contributed by atoms with Crippen LogP contribution in [0, 0.1) is 12.8 Å². The fourth-order valence-corrected chi connectivity index (χ4v) is 4.50. The Bertz CT molecular complexity index is 1090. The van der Waals surface area contributed by atoms with E-state index in [0.717, 1.165) is 37.6 Å². The third kappa shape index (κ3) is 4.99. The summed E-state index contributed by atoms with van der Waals surface area (Å²) in [5, 5.41) is 9.34. The zero-order valence-corrected chi connectivity index (χ0v) is 18.5. The predicted molar refractivity (Wildman–Crippen MR) is 115 cm³/mol. The van der Waals surface area contributed by atoms with Crippen LogP contribution in [0.15, 0.2) is 29.9 Å². The summed E-state index contributed by atoms with van der Waals surface area (Å²) in [7, 11) is 0. The van der Waals surface area contributed by atoms with Crippen LogP contribution in [-0.2, 0) is 12.7 Å². The fraction of sp³-hybridized carbons (Fsp3) is 0.429. The van der Waals surface area contributed by atoms with Crippen LogP contribution in [0.3, 0.4) is 0 Å². The van der Waals surface area contributed by atoms with Gasteiger partial charge in [-0.2, -0.15) is 18.3 Å². The van der Waals surface area contributed by atoms with Gasteiger partial charge in [0, 0.05) is 24.7 Å². The maximum Gasteiger partial charge on any atom is 0.417 e. The van der Waals surface area contributed by atoms with Crippen molar-refractivity contribution in [1.82, 2.24) is 24.6 Å². The number of nitrogens with zero attached hydrogens (tertiary/aromatic N) is 5. The van der Waals surface area contributed by atoms with Gasteiger partial charge in [-0.05, 0) is 44.4 Å². The maximum atomic E-state index is 12.7. The van der Waals surface area contributed by atoms with Gasteiger partial charge in [0.2, 0.25) is 0 Å². The Morgan fingerprint density at radius 2 is 2.12 bits per heavy atom. The van der Waals surface area contributed by atoms with E-state index < -0.39 is 11.7 Å². The number of carbonyl (C=O) groups excluding carboxylic acids is 1. The molecule has 0 aromatic carbocycles. The summed E-state index contributed by atoms with van der Waals surface area (Å²) in [5.41, 5.74) is 0.838. The minimum absolute atomic E-state index is 0.196. The number of rotatable bonds is 5. The van der Waals surface area contributed by atoms with Crippen molar-refractivity contribution in [3.8, 4) is 5.82 Å². The monoisotopic (exact) mass is 464 g/mol. The predicted octanol–water partition coefficient (Wildman–Crippen LogP) is 4.54. The largest absolute Gasteiger partial charge is 0.417 e.